The third-order valence-electron chi connectivity index (χ3n) is 5.28. The first-order valence-corrected chi connectivity index (χ1v) is 12.0. The van der Waals surface area contributed by atoms with E-state index in [0.29, 0.717) is 26.3 Å². The Hall–Kier alpha value is -2.78. The van der Waals surface area contributed by atoms with Crippen molar-refractivity contribution < 1.29 is 14.3 Å². The van der Waals surface area contributed by atoms with E-state index in [1.165, 1.54) is 0 Å². The Bertz CT molecular complexity index is 1350. The third kappa shape index (κ3) is 4.72. The van der Waals surface area contributed by atoms with Crippen LogP contribution in [0.4, 0.5) is 0 Å². The highest BCUT2D eigenvalue weighted by Gasteiger charge is 2.34. The van der Waals surface area contributed by atoms with Gasteiger partial charge in [-0.25, -0.2) is 0 Å². The molecule has 0 bridgehead atoms. The van der Waals surface area contributed by atoms with Crippen LogP contribution in [0, 0.1) is 13.8 Å². The Morgan fingerprint density at radius 2 is 1.79 bits per heavy atom. The molecule has 0 unspecified atom stereocenters. The maximum absolute atomic E-state index is 13.0. The fourth-order valence-corrected chi connectivity index (χ4v) is 5.03. The molecular formula is C24H19Cl2N3O3S2. The largest absolute Gasteiger partial charge is 0.497 e. The zero-order valence-electron chi connectivity index (χ0n) is 18.4. The van der Waals surface area contributed by atoms with Gasteiger partial charge in [-0.1, -0.05) is 35.0 Å². The molecule has 4 rings (SSSR count). The van der Waals surface area contributed by atoms with Gasteiger partial charge in [0.1, 0.15) is 5.75 Å². The van der Waals surface area contributed by atoms with Gasteiger partial charge in [0, 0.05) is 22.6 Å². The number of nitrogens with one attached hydrogen (secondary N) is 1. The van der Waals surface area contributed by atoms with Gasteiger partial charge >= 0.3 is 0 Å². The Labute approximate surface area is 216 Å². The predicted octanol–water partition coefficient (Wildman–Crippen LogP) is 5.96. The Balaban J connectivity index is 1.57. The predicted molar refractivity (Wildman–Crippen MR) is 141 cm³/mol. The van der Waals surface area contributed by atoms with Gasteiger partial charge in [0.05, 0.1) is 22.1 Å². The molecule has 0 saturated carbocycles. The standard InChI is InChI=1S/C24H19Cl2N3O3S2/c1-13-10-16(14(2)28(13)17-6-9-19(25)20(26)12-17)11-21-23(31)29(24(33)34-21)27-22(30)15-4-7-18(32-3)8-5-15/h4-12H,1-3H3,(H,27,30)/b21-11-. The zero-order chi connectivity index (χ0) is 24.6. The quantitative estimate of drug-likeness (QED) is 0.325. The van der Waals surface area contributed by atoms with Crippen LogP contribution >= 0.6 is 47.2 Å². The topological polar surface area (TPSA) is 63.6 Å². The molecule has 0 radical (unpaired) electrons. The summed E-state index contributed by atoms with van der Waals surface area (Å²) in [6, 6.07) is 14.0. The van der Waals surface area contributed by atoms with Crippen molar-refractivity contribution in [1.82, 2.24) is 15.0 Å². The molecule has 6 nitrogen and oxygen atoms in total. The lowest BCUT2D eigenvalue weighted by Gasteiger charge is -2.15. The maximum Gasteiger partial charge on any atom is 0.285 e. The van der Waals surface area contributed by atoms with Crippen LogP contribution < -0.4 is 10.2 Å². The van der Waals surface area contributed by atoms with E-state index in [2.05, 4.69) is 5.43 Å². The number of methoxy groups -OCH3 is 1. The van der Waals surface area contributed by atoms with Gasteiger partial charge in [-0.3, -0.25) is 15.0 Å². The van der Waals surface area contributed by atoms with Gasteiger partial charge in [0.15, 0.2) is 4.32 Å². The van der Waals surface area contributed by atoms with Crippen LogP contribution in [0.15, 0.2) is 53.4 Å². The van der Waals surface area contributed by atoms with E-state index >= 15 is 0 Å². The number of halogens is 2. The van der Waals surface area contributed by atoms with Crippen LogP contribution in [0.25, 0.3) is 11.8 Å². The number of hydrogen-bond acceptors (Lipinski definition) is 5. The van der Waals surface area contributed by atoms with Crippen molar-refractivity contribution in [2.45, 2.75) is 13.8 Å². The number of rotatable bonds is 5. The molecule has 2 heterocycles. The molecule has 1 aliphatic rings. The number of ether oxygens (including phenoxy) is 1. The van der Waals surface area contributed by atoms with E-state index < -0.39 is 11.8 Å². The summed E-state index contributed by atoms with van der Waals surface area (Å²) >= 11 is 18.7. The van der Waals surface area contributed by atoms with Crippen LogP contribution in [-0.4, -0.2) is 32.8 Å². The van der Waals surface area contributed by atoms with Gasteiger partial charge in [-0.2, -0.15) is 5.01 Å². The van der Waals surface area contributed by atoms with E-state index in [0.717, 1.165) is 39.4 Å². The maximum atomic E-state index is 13.0. The molecule has 174 valence electrons. The Morgan fingerprint density at radius 1 is 1.09 bits per heavy atom. The molecule has 1 N–H and O–H groups in total. The van der Waals surface area contributed by atoms with Gasteiger partial charge in [-0.05, 0) is 86.2 Å². The molecule has 0 spiro atoms. The first kappa shape index (κ1) is 24.3. The Kier molecular flexibility index (Phi) is 7.04. The molecule has 3 aromatic rings. The summed E-state index contributed by atoms with van der Waals surface area (Å²) < 4.78 is 7.38. The van der Waals surface area contributed by atoms with Crippen molar-refractivity contribution >= 4 is 69.4 Å². The van der Waals surface area contributed by atoms with Gasteiger partial charge in [0.2, 0.25) is 0 Å². The molecule has 0 aliphatic carbocycles. The van der Waals surface area contributed by atoms with Crippen LogP contribution in [0.3, 0.4) is 0 Å². The fraction of sp³-hybridized carbons (Fsp3) is 0.125. The van der Waals surface area contributed by atoms with Gasteiger partial charge < -0.3 is 9.30 Å². The molecule has 2 amide bonds. The first-order valence-electron chi connectivity index (χ1n) is 10.1. The monoisotopic (exact) mass is 531 g/mol. The number of thioether (sulfide) groups is 1. The van der Waals surface area contributed by atoms with Crippen LogP contribution in [0.1, 0.15) is 27.3 Å². The van der Waals surface area contributed by atoms with E-state index in [1.54, 1.807) is 49.6 Å². The highest BCUT2D eigenvalue weighted by atomic mass is 35.5. The van der Waals surface area contributed by atoms with Gasteiger partial charge in [0.25, 0.3) is 11.8 Å². The number of aromatic nitrogens is 1. The SMILES string of the molecule is COc1ccc(C(=O)NN2C(=O)/C(=C/c3cc(C)n(-c4ccc(Cl)c(Cl)c4)c3C)SC2=S)cc1. The first-order chi connectivity index (χ1) is 16.2. The molecule has 1 aliphatic heterocycles. The third-order valence-corrected chi connectivity index (χ3v) is 7.32. The summed E-state index contributed by atoms with van der Waals surface area (Å²) in [5.74, 6) is -0.210. The molecule has 1 aromatic heterocycles. The average Bonchev–Trinajstić information content (AvgIpc) is 3.24. The molecule has 1 saturated heterocycles. The van der Waals surface area contributed by atoms with E-state index in [1.807, 2.05) is 30.5 Å². The van der Waals surface area contributed by atoms with Gasteiger partial charge in [-0.15, -0.1) is 0 Å². The summed E-state index contributed by atoms with van der Waals surface area (Å²) in [5.41, 5.74) is 6.56. The average molecular weight is 532 g/mol. The second-order valence-electron chi connectivity index (χ2n) is 7.45. The lowest BCUT2D eigenvalue weighted by molar-refractivity contribution is -0.123. The number of carbonyl (C=O) groups excluding carboxylic acids is 2. The zero-order valence-corrected chi connectivity index (χ0v) is 21.5. The van der Waals surface area contributed by atoms with Crippen molar-refractivity contribution in [2.24, 2.45) is 0 Å². The van der Waals surface area contributed by atoms with Crippen molar-refractivity contribution in [3.8, 4) is 11.4 Å². The molecular weight excluding hydrogens is 513 g/mol. The highest BCUT2D eigenvalue weighted by molar-refractivity contribution is 8.26. The molecule has 0 atom stereocenters. The molecule has 10 heteroatoms. The summed E-state index contributed by atoms with van der Waals surface area (Å²) in [4.78, 5) is 26.0. The lowest BCUT2D eigenvalue weighted by Crippen LogP contribution is -2.44. The minimum atomic E-state index is -0.446. The van der Waals surface area contributed by atoms with E-state index in [-0.39, 0.29) is 4.32 Å². The highest BCUT2D eigenvalue weighted by Crippen LogP contribution is 2.34. The minimum absolute atomic E-state index is 0.247. The summed E-state index contributed by atoms with van der Waals surface area (Å²) in [6.07, 6.45) is 1.77. The van der Waals surface area contributed by atoms with Crippen LogP contribution in [0.5, 0.6) is 5.75 Å². The number of hydrogen-bond donors (Lipinski definition) is 1. The van der Waals surface area contributed by atoms with Crippen LogP contribution in [0.2, 0.25) is 10.0 Å². The number of hydrazine groups is 1. The number of benzene rings is 2. The van der Waals surface area contributed by atoms with E-state index in [9.17, 15) is 9.59 Å². The molecule has 2 aromatic carbocycles. The number of nitrogens with zero attached hydrogens (tertiary/aromatic N) is 2. The lowest BCUT2D eigenvalue weighted by atomic mass is 10.2. The Morgan fingerprint density at radius 3 is 2.44 bits per heavy atom. The fourth-order valence-electron chi connectivity index (χ4n) is 3.57. The number of thiocarbonyl (C=S) groups is 1. The van der Waals surface area contributed by atoms with Crippen LogP contribution in [-0.2, 0) is 4.79 Å². The minimum Gasteiger partial charge on any atom is -0.497 e. The summed E-state index contributed by atoms with van der Waals surface area (Å²) in [6.45, 7) is 3.92. The number of amides is 2. The van der Waals surface area contributed by atoms with Crippen molar-refractivity contribution in [2.75, 3.05) is 7.11 Å². The summed E-state index contributed by atoms with van der Waals surface area (Å²) in [7, 11) is 1.55. The normalized spacial score (nSPS) is 14.7. The van der Waals surface area contributed by atoms with E-state index in [4.69, 9.17) is 40.2 Å². The number of carbonyl (C=O) groups is 2. The second-order valence-corrected chi connectivity index (χ2v) is 9.94. The van der Waals surface area contributed by atoms with Crippen molar-refractivity contribution in [3.05, 3.63) is 86.0 Å². The smallest absolute Gasteiger partial charge is 0.285 e. The van der Waals surface area contributed by atoms with Crippen molar-refractivity contribution in [3.63, 3.8) is 0 Å². The molecule has 1 fully saturated rings. The van der Waals surface area contributed by atoms with Crippen molar-refractivity contribution in [1.29, 1.82) is 0 Å². The number of aryl methyl sites for hydroxylation is 1. The molecule has 34 heavy (non-hydrogen) atoms. The second kappa shape index (κ2) is 9.84. The summed E-state index contributed by atoms with van der Waals surface area (Å²) in [5, 5.41) is 2.03.